The second kappa shape index (κ2) is 10.1. The van der Waals surface area contributed by atoms with Crippen LogP contribution in [0.3, 0.4) is 0 Å². The van der Waals surface area contributed by atoms with Crippen LogP contribution in [-0.4, -0.2) is 56.7 Å². The second-order valence-corrected chi connectivity index (χ2v) is 11.7. The minimum Gasteiger partial charge on any atom is -0.444 e. The standard InChI is InChI=1S/C28H32FN5O4S/c1-6-16(2)34-21-14-18(20(29)13-19(21)24(35)23-25(36)31-39-26(23)34)17-7-8-22(30-15-17)32-9-11-33(12-10-32)27(37)38-28(3,4)5/h7-8,13-16H,6,9-12H2,1-5H3,(H,31,36). The highest BCUT2D eigenvalue weighted by Crippen LogP contribution is 2.32. The summed E-state index contributed by atoms with van der Waals surface area (Å²) in [5.74, 6) is 0.181. The third kappa shape index (κ3) is 5.03. The number of aromatic amines is 1. The molecule has 0 aliphatic carbocycles. The molecule has 0 bridgehead atoms. The van der Waals surface area contributed by atoms with Crippen LogP contribution in [0.15, 0.2) is 40.1 Å². The van der Waals surface area contributed by atoms with E-state index < -0.39 is 22.4 Å². The summed E-state index contributed by atoms with van der Waals surface area (Å²) in [6.07, 6.45) is 2.07. The number of amides is 1. The summed E-state index contributed by atoms with van der Waals surface area (Å²) < 4.78 is 25.5. The van der Waals surface area contributed by atoms with Gasteiger partial charge in [-0.05, 0) is 69.9 Å². The molecule has 206 valence electrons. The Bertz CT molecular complexity index is 1660. The van der Waals surface area contributed by atoms with Crippen molar-refractivity contribution in [2.24, 2.45) is 0 Å². The first-order valence-corrected chi connectivity index (χ1v) is 13.9. The number of pyridine rings is 2. The number of nitrogens with zero attached hydrogens (tertiary/aromatic N) is 4. The first-order valence-electron chi connectivity index (χ1n) is 13.1. The fraction of sp³-hybridized carbons (Fsp3) is 0.429. The van der Waals surface area contributed by atoms with Gasteiger partial charge in [0.05, 0.1) is 5.52 Å². The van der Waals surface area contributed by atoms with E-state index in [2.05, 4.69) is 14.3 Å². The Kier molecular flexibility index (Phi) is 6.96. The Hall–Kier alpha value is -3.73. The molecule has 1 atom stereocenters. The van der Waals surface area contributed by atoms with Crippen molar-refractivity contribution in [2.45, 2.75) is 52.7 Å². The van der Waals surface area contributed by atoms with E-state index in [1.54, 1.807) is 17.2 Å². The van der Waals surface area contributed by atoms with Crippen LogP contribution in [0.4, 0.5) is 15.0 Å². The number of fused-ring (bicyclic) bond motifs is 2. The monoisotopic (exact) mass is 553 g/mol. The predicted molar refractivity (Wildman–Crippen MR) is 152 cm³/mol. The molecule has 5 rings (SSSR count). The van der Waals surface area contributed by atoms with E-state index >= 15 is 4.39 Å². The molecular formula is C28H32FN5O4S. The summed E-state index contributed by atoms with van der Waals surface area (Å²) in [6.45, 7) is 11.8. The van der Waals surface area contributed by atoms with Crippen molar-refractivity contribution in [1.82, 2.24) is 18.8 Å². The van der Waals surface area contributed by atoms with Crippen LogP contribution < -0.4 is 15.9 Å². The molecule has 11 heteroatoms. The van der Waals surface area contributed by atoms with Crippen LogP contribution in [0.1, 0.15) is 47.1 Å². The Balaban J connectivity index is 1.45. The smallest absolute Gasteiger partial charge is 0.410 e. The van der Waals surface area contributed by atoms with Crippen LogP contribution in [0, 0.1) is 5.82 Å². The minimum absolute atomic E-state index is 0.0137. The summed E-state index contributed by atoms with van der Waals surface area (Å²) in [6, 6.07) is 6.54. The lowest BCUT2D eigenvalue weighted by molar-refractivity contribution is 0.0240. The Morgan fingerprint density at radius 2 is 1.90 bits per heavy atom. The lowest BCUT2D eigenvalue weighted by atomic mass is 10.0. The zero-order valence-corrected chi connectivity index (χ0v) is 23.5. The molecule has 1 aliphatic rings. The van der Waals surface area contributed by atoms with E-state index in [1.807, 2.05) is 51.3 Å². The lowest BCUT2D eigenvalue weighted by Crippen LogP contribution is -2.50. The van der Waals surface area contributed by atoms with Gasteiger partial charge in [0, 0.05) is 54.9 Å². The van der Waals surface area contributed by atoms with Crippen molar-refractivity contribution in [2.75, 3.05) is 31.1 Å². The van der Waals surface area contributed by atoms with Crippen molar-refractivity contribution >= 4 is 44.6 Å². The molecule has 0 spiro atoms. The number of ether oxygens (including phenoxy) is 1. The Labute approximate surface area is 229 Å². The minimum atomic E-state index is -0.554. The fourth-order valence-electron chi connectivity index (χ4n) is 4.87. The van der Waals surface area contributed by atoms with Gasteiger partial charge in [-0.2, -0.15) is 0 Å². The average molecular weight is 554 g/mol. The molecule has 3 aromatic heterocycles. The number of benzene rings is 1. The molecular weight excluding hydrogens is 521 g/mol. The number of anilines is 1. The van der Waals surface area contributed by atoms with Gasteiger partial charge in [0.2, 0.25) is 5.43 Å². The SMILES string of the molecule is CCC(C)n1c2cc(-c3ccc(N4CCN(C(=O)OC(C)(C)C)CC4)nc3)c(F)cc2c(=O)c2c(=O)[nH]sc21. The van der Waals surface area contributed by atoms with E-state index in [0.29, 0.717) is 47.7 Å². The van der Waals surface area contributed by atoms with Gasteiger partial charge in [0.15, 0.2) is 0 Å². The average Bonchev–Trinajstić information content (AvgIpc) is 3.29. The number of hydrogen-bond donors (Lipinski definition) is 1. The van der Waals surface area contributed by atoms with E-state index in [1.165, 1.54) is 6.07 Å². The van der Waals surface area contributed by atoms with Crippen molar-refractivity contribution < 1.29 is 13.9 Å². The van der Waals surface area contributed by atoms with Crippen molar-refractivity contribution in [1.29, 1.82) is 0 Å². The number of aromatic nitrogens is 3. The summed E-state index contributed by atoms with van der Waals surface area (Å²) in [5, 5.41) is 0.248. The van der Waals surface area contributed by atoms with Gasteiger partial charge >= 0.3 is 6.09 Å². The van der Waals surface area contributed by atoms with Gasteiger partial charge in [-0.25, -0.2) is 14.2 Å². The topological polar surface area (TPSA) is 101 Å². The summed E-state index contributed by atoms with van der Waals surface area (Å²) >= 11 is 1.12. The van der Waals surface area contributed by atoms with Crippen LogP contribution in [0.2, 0.25) is 0 Å². The Morgan fingerprint density at radius 3 is 2.51 bits per heavy atom. The maximum Gasteiger partial charge on any atom is 0.410 e. The molecule has 0 saturated carbocycles. The highest BCUT2D eigenvalue weighted by Gasteiger charge is 2.26. The summed E-state index contributed by atoms with van der Waals surface area (Å²) in [7, 11) is 0. The van der Waals surface area contributed by atoms with Gasteiger partial charge < -0.3 is 19.1 Å². The molecule has 1 amide bonds. The van der Waals surface area contributed by atoms with Gasteiger partial charge in [0.25, 0.3) is 5.56 Å². The van der Waals surface area contributed by atoms with Crippen LogP contribution in [0.25, 0.3) is 32.2 Å². The van der Waals surface area contributed by atoms with Crippen LogP contribution >= 0.6 is 11.5 Å². The number of hydrogen-bond acceptors (Lipinski definition) is 7. The molecule has 0 radical (unpaired) electrons. The van der Waals surface area contributed by atoms with Gasteiger partial charge in [-0.3, -0.25) is 14.0 Å². The number of H-pyrrole nitrogens is 1. The first kappa shape index (κ1) is 26.9. The lowest BCUT2D eigenvalue weighted by Gasteiger charge is -2.36. The molecule has 1 fully saturated rings. The van der Waals surface area contributed by atoms with Crippen molar-refractivity contribution in [3.8, 4) is 11.1 Å². The van der Waals surface area contributed by atoms with E-state index in [-0.39, 0.29) is 22.9 Å². The summed E-state index contributed by atoms with van der Waals surface area (Å²) in [5.41, 5.74) is 0.0310. The van der Waals surface area contributed by atoms with Gasteiger partial charge in [0.1, 0.15) is 27.5 Å². The van der Waals surface area contributed by atoms with Crippen LogP contribution in [-0.2, 0) is 4.74 Å². The predicted octanol–water partition coefficient (Wildman–Crippen LogP) is 5.13. The maximum absolute atomic E-state index is 15.4. The number of carbonyl (C=O) groups excluding carboxylic acids is 1. The fourth-order valence-corrected chi connectivity index (χ4v) is 5.82. The van der Waals surface area contributed by atoms with E-state index in [9.17, 15) is 14.4 Å². The zero-order valence-electron chi connectivity index (χ0n) is 22.7. The number of nitrogens with one attached hydrogen (secondary N) is 1. The zero-order chi connectivity index (χ0) is 28.1. The molecule has 1 N–H and O–H groups in total. The molecule has 4 heterocycles. The highest BCUT2D eigenvalue weighted by atomic mass is 32.1. The van der Waals surface area contributed by atoms with Crippen molar-refractivity contribution in [3.05, 3.63) is 56.9 Å². The summed E-state index contributed by atoms with van der Waals surface area (Å²) in [4.78, 5) is 46.8. The molecule has 4 aromatic rings. The van der Waals surface area contributed by atoms with Gasteiger partial charge in [-0.15, -0.1) is 0 Å². The third-order valence-electron chi connectivity index (χ3n) is 7.06. The quantitative estimate of drug-likeness (QED) is 0.376. The molecule has 39 heavy (non-hydrogen) atoms. The number of rotatable bonds is 4. The maximum atomic E-state index is 15.4. The third-order valence-corrected chi connectivity index (χ3v) is 7.94. The normalized spacial score (nSPS) is 15.2. The van der Waals surface area contributed by atoms with Crippen LogP contribution in [0.5, 0.6) is 0 Å². The molecule has 1 unspecified atom stereocenters. The number of halogens is 1. The molecule has 1 aliphatic heterocycles. The molecule has 9 nitrogen and oxygen atoms in total. The number of carbonyl (C=O) groups is 1. The molecule has 1 saturated heterocycles. The van der Waals surface area contributed by atoms with Gasteiger partial charge in [-0.1, -0.05) is 6.92 Å². The first-order chi connectivity index (χ1) is 18.5. The highest BCUT2D eigenvalue weighted by molar-refractivity contribution is 7.12. The van der Waals surface area contributed by atoms with E-state index in [4.69, 9.17) is 4.74 Å². The Morgan fingerprint density at radius 1 is 1.18 bits per heavy atom. The van der Waals surface area contributed by atoms with E-state index in [0.717, 1.165) is 23.8 Å². The van der Waals surface area contributed by atoms with Crippen molar-refractivity contribution in [3.63, 3.8) is 0 Å². The number of piperazine rings is 1. The molecule has 1 aromatic carbocycles. The second-order valence-electron chi connectivity index (χ2n) is 10.9. The largest absolute Gasteiger partial charge is 0.444 e.